The van der Waals surface area contributed by atoms with Crippen LogP contribution in [0.1, 0.15) is 32.6 Å². The summed E-state index contributed by atoms with van der Waals surface area (Å²) in [5.41, 5.74) is 3.20. The Morgan fingerprint density at radius 3 is 2.69 bits per heavy atom. The second kappa shape index (κ2) is 5.99. The topological polar surface area (TPSA) is 12.0 Å². The maximum absolute atomic E-state index is 3.59. The van der Waals surface area contributed by atoms with Crippen molar-refractivity contribution < 1.29 is 0 Å². The zero-order valence-electron chi connectivity index (χ0n) is 8.69. The van der Waals surface area contributed by atoms with Crippen LogP contribution in [0.5, 0.6) is 0 Å². The Bertz CT molecular complexity index is 183. The summed E-state index contributed by atoms with van der Waals surface area (Å²) in [5.74, 6) is 0. The second-order valence-corrected chi connectivity index (χ2v) is 6.36. The van der Waals surface area contributed by atoms with E-state index in [-0.39, 0.29) is 0 Å². The predicted octanol–water partition coefficient (Wildman–Crippen LogP) is 2.93. The molecule has 1 aliphatic carbocycles. The number of hydrogen-bond donors (Lipinski definition) is 1. The lowest BCUT2D eigenvalue weighted by atomic mass is 9.90. The highest BCUT2D eigenvalue weighted by atomic mass is 31.1. The molecule has 1 N–H and O–H groups in total. The first-order valence-corrected chi connectivity index (χ1v) is 7.40. The summed E-state index contributed by atoms with van der Waals surface area (Å²) in [6.07, 6.45) is 5.26. The quantitative estimate of drug-likeness (QED) is 0.698. The van der Waals surface area contributed by atoms with E-state index in [4.69, 9.17) is 0 Å². The van der Waals surface area contributed by atoms with E-state index < -0.39 is 0 Å². The standard InChI is InChI=1S/C10H21NP2/c1-3-9(8-5-4-6-8)11-7-10(12)13-2/h10-11,13H,3-7,12H2,1-2H3. The molecule has 0 spiro atoms. The minimum atomic E-state index is 0.752. The van der Waals surface area contributed by atoms with Gasteiger partial charge in [0.25, 0.3) is 0 Å². The molecule has 3 heteroatoms. The summed E-state index contributed by atoms with van der Waals surface area (Å²) >= 11 is 0. The van der Waals surface area contributed by atoms with Crippen LogP contribution in [0, 0.1) is 0 Å². The van der Waals surface area contributed by atoms with E-state index >= 15 is 0 Å². The molecular weight excluding hydrogens is 196 g/mol. The first kappa shape index (κ1) is 11.5. The van der Waals surface area contributed by atoms with Gasteiger partial charge in [0.2, 0.25) is 0 Å². The summed E-state index contributed by atoms with van der Waals surface area (Å²) in [5, 5.41) is 4.34. The molecule has 3 unspecified atom stereocenters. The van der Waals surface area contributed by atoms with E-state index in [0.29, 0.717) is 0 Å². The highest BCUT2D eigenvalue weighted by molar-refractivity contribution is 7.49. The minimum Gasteiger partial charge on any atom is -0.387 e. The van der Waals surface area contributed by atoms with E-state index in [0.717, 1.165) is 20.5 Å². The van der Waals surface area contributed by atoms with Crippen molar-refractivity contribution in [3.8, 4) is 0 Å². The van der Waals surface area contributed by atoms with Gasteiger partial charge in [-0.05, 0) is 32.3 Å². The van der Waals surface area contributed by atoms with Crippen molar-refractivity contribution in [2.45, 2.75) is 38.0 Å². The Morgan fingerprint density at radius 2 is 2.31 bits per heavy atom. The van der Waals surface area contributed by atoms with Crippen molar-refractivity contribution in [1.29, 1.82) is 0 Å². The second-order valence-electron chi connectivity index (χ2n) is 3.57. The van der Waals surface area contributed by atoms with Crippen molar-refractivity contribution in [3.05, 3.63) is 11.3 Å². The zero-order chi connectivity index (χ0) is 9.68. The maximum atomic E-state index is 3.59. The Kier molecular flexibility index (Phi) is 5.29. The molecule has 0 aromatic heterocycles. The Morgan fingerprint density at radius 1 is 1.62 bits per heavy atom. The highest BCUT2D eigenvalue weighted by Crippen LogP contribution is 2.29. The Labute approximate surface area is 86.1 Å². The van der Waals surface area contributed by atoms with Crippen LogP contribution in [0.15, 0.2) is 11.3 Å². The molecule has 1 nitrogen and oxygen atoms in total. The minimum absolute atomic E-state index is 0.752. The van der Waals surface area contributed by atoms with E-state index in [1.807, 2.05) is 0 Å². The lowest BCUT2D eigenvalue weighted by Gasteiger charge is -2.23. The monoisotopic (exact) mass is 217 g/mol. The molecule has 1 fully saturated rings. The number of nitrogens with one attached hydrogen (secondary N) is 1. The fraction of sp³-hybridized carbons (Fsp3) is 0.800. The van der Waals surface area contributed by atoms with E-state index in [9.17, 15) is 0 Å². The molecular formula is C10H21NP2. The molecule has 0 radical (unpaired) electrons. The van der Waals surface area contributed by atoms with Crippen molar-refractivity contribution in [3.63, 3.8) is 0 Å². The first-order valence-electron chi connectivity index (χ1n) is 5.15. The van der Waals surface area contributed by atoms with Crippen LogP contribution in [0.3, 0.4) is 0 Å². The molecule has 0 amide bonds. The van der Waals surface area contributed by atoms with Gasteiger partial charge in [0.05, 0.1) is 0 Å². The van der Waals surface area contributed by atoms with Crippen molar-refractivity contribution >= 4 is 17.8 Å². The summed E-state index contributed by atoms with van der Waals surface area (Å²) < 4.78 is 0. The normalized spacial score (nSPS) is 18.8. The van der Waals surface area contributed by atoms with Crippen molar-refractivity contribution in [2.24, 2.45) is 0 Å². The van der Waals surface area contributed by atoms with Gasteiger partial charge in [-0.15, -0.1) is 17.8 Å². The molecule has 0 aromatic rings. The Hall–Kier alpha value is 0.400. The molecule has 1 aliphatic rings. The lowest BCUT2D eigenvalue weighted by Crippen LogP contribution is -2.22. The largest absolute Gasteiger partial charge is 0.387 e. The van der Waals surface area contributed by atoms with Crippen LogP contribution in [0.4, 0.5) is 0 Å². The van der Waals surface area contributed by atoms with Crippen LogP contribution >= 0.6 is 17.8 Å². The first-order chi connectivity index (χ1) is 6.27. The molecule has 0 saturated heterocycles. The fourth-order valence-electron chi connectivity index (χ4n) is 1.49. The molecule has 3 atom stereocenters. The third kappa shape index (κ3) is 3.56. The van der Waals surface area contributed by atoms with E-state index in [2.05, 4.69) is 28.1 Å². The molecule has 0 aromatic carbocycles. The van der Waals surface area contributed by atoms with E-state index in [1.54, 1.807) is 5.57 Å². The summed E-state index contributed by atoms with van der Waals surface area (Å²) in [6, 6.07) is 0. The number of rotatable bonds is 5. The summed E-state index contributed by atoms with van der Waals surface area (Å²) in [7, 11) is 3.94. The molecule has 0 heterocycles. The van der Waals surface area contributed by atoms with Crippen LogP contribution in [0.2, 0.25) is 0 Å². The third-order valence-corrected chi connectivity index (χ3v) is 4.82. The maximum Gasteiger partial charge on any atom is 0.0243 e. The molecule has 0 aliphatic heterocycles. The molecule has 0 bridgehead atoms. The van der Waals surface area contributed by atoms with E-state index in [1.165, 1.54) is 31.4 Å². The molecule has 1 rings (SSSR count). The number of hydrogen-bond acceptors (Lipinski definition) is 1. The SMILES string of the molecule is CCC(NCC(P)PC)=C1CCC1. The van der Waals surface area contributed by atoms with Gasteiger partial charge in [0.15, 0.2) is 0 Å². The smallest absolute Gasteiger partial charge is 0.0243 e. The third-order valence-electron chi connectivity index (χ3n) is 2.64. The molecule has 76 valence electrons. The van der Waals surface area contributed by atoms with Crippen LogP contribution in [-0.4, -0.2) is 18.6 Å². The lowest BCUT2D eigenvalue weighted by molar-refractivity contribution is 0.619. The van der Waals surface area contributed by atoms with Gasteiger partial charge in [0.1, 0.15) is 0 Å². The van der Waals surface area contributed by atoms with Gasteiger partial charge in [-0.1, -0.05) is 12.5 Å². The van der Waals surface area contributed by atoms with Gasteiger partial charge in [-0.3, -0.25) is 0 Å². The van der Waals surface area contributed by atoms with Gasteiger partial charge in [-0.2, -0.15) is 0 Å². The van der Waals surface area contributed by atoms with Crippen molar-refractivity contribution in [2.75, 3.05) is 13.2 Å². The highest BCUT2D eigenvalue weighted by Gasteiger charge is 2.13. The van der Waals surface area contributed by atoms with Crippen LogP contribution in [0.25, 0.3) is 0 Å². The van der Waals surface area contributed by atoms with Crippen LogP contribution in [-0.2, 0) is 0 Å². The molecule has 1 saturated carbocycles. The zero-order valence-corrected chi connectivity index (χ0v) is 10.8. The summed E-state index contributed by atoms with van der Waals surface area (Å²) in [4.78, 5) is 0. The van der Waals surface area contributed by atoms with Gasteiger partial charge < -0.3 is 5.32 Å². The average molecular weight is 217 g/mol. The van der Waals surface area contributed by atoms with Gasteiger partial charge in [-0.25, -0.2) is 0 Å². The van der Waals surface area contributed by atoms with Gasteiger partial charge in [0, 0.05) is 17.6 Å². The van der Waals surface area contributed by atoms with Crippen molar-refractivity contribution in [1.82, 2.24) is 5.32 Å². The number of allylic oxidation sites excluding steroid dienone is 2. The van der Waals surface area contributed by atoms with Crippen LogP contribution < -0.4 is 5.32 Å². The fourth-order valence-corrected chi connectivity index (χ4v) is 1.91. The Balaban J connectivity index is 2.32. The molecule has 13 heavy (non-hydrogen) atoms. The predicted molar refractivity (Wildman–Crippen MR) is 66.9 cm³/mol. The van der Waals surface area contributed by atoms with Gasteiger partial charge >= 0.3 is 0 Å². The summed E-state index contributed by atoms with van der Waals surface area (Å²) in [6.45, 7) is 5.65. The average Bonchev–Trinajstić information content (AvgIpc) is 2.08.